The van der Waals surface area contributed by atoms with Crippen LogP contribution >= 0.6 is 11.3 Å². The van der Waals surface area contributed by atoms with Gasteiger partial charge in [0.25, 0.3) is 0 Å². The highest BCUT2D eigenvalue weighted by atomic mass is 32.1. The lowest BCUT2D eigenvalue weighted by atomic mass is 10.1. The topological polar surface area (TPSA) is 66.4 Å². The monoisotopic (exact) mass is 358 g/mol. The first-order chi connectivity index (χ1) is 12.0. The molecule has 0 unspecified atom stereocenters. The van der Waals surface area contributed by atoms with Gasteiger partial charge in [-0.25, -0.2) is 9.97 Å². The van der Waals surface area contributed by atoms with Crippen molar-refractivity contribution >= 4 is 29.0 Å². The highest BCUT2D eigenvalue weighted by Gasteiger charge is 2.23. The zero-order valence-electron chi connectivity index (χ0n) is 14.6. The van der Waals surface area contributed by atoms with Gasteiger partial charge in [0.2, 0.25) is 11.9 Å². The average molecular weight is 358 g/mol. The number of carbonyl (C=O) groups excluding carboxylic acids is 2. The number of ketones is 1. The maximum absolute atomic E-state index is 12.4. The quantitative estimate of drug-likeness (QED) is 0.768. The van der Waals surface area contributed by atoms with E-state index in [1.807, 2.05) is 24.8 Å². The van der Waals surface area contributed by atoms with Crippen LogP contribution in [0.5, 0.6) is 0 Å². The van der Waals surface area contributed by atoms with Gasteiger partial charge in [-0.15, -0.1) is 11.3 Å². The molecular formula is C18H22N4O2S. The number of nitrogens with zero attached hydrogens (tertiary/aromatic N) is 4. The number of anilines is 1. The average Bonchev–Trinajstić information content (AvgIpc) is 2.98. The second kappa shape index (κ2) is 7.74. The van der Waals surface area contributed by atoms with E-state index in [2.05, 4.69) is 14.9 Å². The van der Waals surface area contributed by atoms with Crippen molar-refractivity contribution in [3.8, 4) is 0 Å². The molecule has 0 aliphatic carbocycles. The lowest BCUT2D eigenvalue weighted by molar-refractivity contribution is -0.131. The first-order valence-corrected chi connectivity index (χ1v) is 9.26. The number of thiophene rings is 1. The van der Waals surface area contributed by atoms with E-state index in [-0.39, 0.29) is 24.5 Å². The lowest BCUT2D eigenvalue weighted by Gasteiger charge is -2.34. The van der Waals surface area contributed by atoms with Crippen LogP contribution in [0.15, 0.2) is 24.5 Å². The van der Waals surface area contributed by atoms with Crippen molar-refractivity contribution in [1.82, 2.24) is 14.9 Å². The van der Waals surface area contributed by atoms with E-state index < -0.39 is 0 Å². The molecule has 2 aromatic heterocycles. The first-order valence-electron chi connectivity index (χ1n) is 8.44. The Bertz CT molecular complexity index is 752. The molecule has 0 radical (unpaired) electrons. The molecule has 0 aromatic carbocycles. The van der Waals surface area contributed by atoms with Crippen molar-refractivity contribution in [2.45, 2.75) is 26.7 Å². The van der Waals surface area contributed by atoms with Crippen LogP contribution < -0.4 is 4.90 Å². The Kier molecular flexibility index (Phi) is 5.43. The van der Waals surface area contributed by atoms with Crippen molar-refractivity contribution in [1.29, 1.82) is 0 Å². The molecule has 0 atom stereocenters. The first kappa shape index (κ1) is 17.5. The van der Waals surface area contributed by atoms with E-state index in [0.29, 0.717) is 32.1 Å². The van der Waals surface area contributed by atoms with Crippen LogP contribution in [0.3, 0.4) is 0 Å². The van der Waals surface area contributed by atoms with Gasteiger partial charge >= 0.3 is 0 Å². The van der Waals surface area contributed by atoms with Gasteiger partial charge in [-0.1, -0.05) is 0 Å². The SMILES string of the molecule is Cc1cc(C(=O)CCC(=O)N2CCN(c3ncccn3)CC2)c(C)s1. The molecule has 7 heteroatoms. The second-order valence-corrected chi connectivity index (χ2v) is 7.63. The molecule has 1 aliphatic heterocycles. The summed E-state index contributed by atoms with van der Waals surface area (Å²) >= 11 is 1.62. The van der Waals surface area contributed by atoms with Crippen molar-refractivity contribution in [2.75, 3.05) is 31.1 Å². The minimum Gasteiger partial charge on any atom is -0.339 e. The van der Waals surface area contributed by atoms with Gasteiger partial charge in [0.05, 0.1) is 0 Å². The molecule has 2 aromatic rings. The van der Waals surface area contributed by atoms with Crippen LogP contribution in [0.1, 0.15) is 33.0 Å². The molecule has 0 spiro atoms. The standard InChI is InChI=1S/C18H22N4O2S/c1-13-12-15(14(2)25-13)16(23)4-5-17(24)21-8-10-22(11-9-21)18-19-6-3-7-20-18/h3,6-7,12H,4-5,8-11H2,1-2H3. The maximum atomic E-state index is 12.4. The highest BCUT2D eigenvalue weighted by molar-refractivity contribution is 7.12. The highest BCUT2D eigenvalue weighted by Crippen LogP contribution is 2.22. The van der Waals surface area contributed by atoms with Crippen LogP contribution in [-0.2, 0) is 4.79 Å². The molecule has 25 heavy (non-hydrogen) atoms. The Balaban J connectivity index is 1.48. The minimum atomic E-state index is 0.0478. The molecule has 1 saturated heterocycles. The van der Waals surface area contributed by atoms with Gasteiger partial charge in [0, 0.05) is 66.7 Å². The number of hydrogen-bond donors (Lipinski definition) is 0. The molecule has 132 valence electrons. The van der Waals surface area contributed by atoms with E-state index >= 15 is 0 Å². The summed E-state index contributed by atoms with van der Waals surface area (Å²) in [6.07, 6.45) is 3.99. The summed E-state index contributed by atoms with van der Waals surface area (Å²) in [6.45, 7) is 6.66. The van der Waals surface area contributed by atoms with E-state index in [1.165, 1.54) is 0 Å². The molecule has 1 amide bonds. The normalized spacial score (nSPS) is 14.6. The summed E-state index contributed by atoms with van der Waals surface area (Å²) in [5.41, 5.74) is 0.765. The van der Waals surface area contributed by atoms with E-state index in [4.69, 9.17) is 0 Å². The minimum absolute atomic E-state index is 0.0478. The van der Waals surface area contributed by atoms with Crippen molar-refractivity contribution in [2.24, 2.45) is 0 Å². The van der Waals surface area contributed by atoms with Gasteiger partial charge in [-0.3, -0.25) is 9.59 Å². The number of aromatic nitrogens is 2. The molecule has 0 N–H and O–H groups in total. The summed E-state index contributed by atoms with van der Waals surface area (Å²) < 4.78 is 0. The third kappa shape index (κ3) is 4.22. The molecule has 3 heterocycles. The molecule has 3 rings (SSSR count). The van der Waals surface area contributed by atoms with Gasteiger partial charge in [-0.05, 0) is 26.0 Å². The summed E-state index contributed by atoms with van der Waals surface area (Å²) in [5, 5.41) is 0. The Hall–Kier alpha value is -2.28. The molecule has 1 fully saturated rings. The van der Waals surface area contributed by atoms with Crippen molar-refractivity contribution in [3.63, 3.8) is 0 Å². The van der Waals surface area contributed by atoms with Crippen LogP contribution in [0.25, 0.3) is 0 Å². The number of rotatable bonds is 5. The van der Waals surface area contributed by atoms with Gasteiger partial charge in [0.1, 0.15) is 0 Å². The molecular weight excluding hydrogens is 336 g/mol. The fourth-order valence-corrected chi connectivity index (χ4v) is 3.97. The predicted molar refractivity (Wildman–Crippen MR) is 98.2 cm³/mol. The largest absolute Gasteiger partial charge is 0.339 e. The number of piperazine rings is 1. The number of aryl methyl sites for hydroxylation is 2. The molecule has 0 bridgehead atoms. The van der Waals surface area contributed by atoms with Crippen LogP contribution in [0.2, 0.25) is 0 Å². The van der Waals surface area contributed by atoms with Crippen LogP contribution in [0.4, 0.5) is 5.95 Å². The van der Waals surface area contributed by atoms with Crippen molar-refractivity contribution in [3.05, 3.63) is 39.8 Å². The molecule has 0 saturated carbocycles. The second-order valence-electron chi connectivity index (χ2n) is 6.17. The summed E-state index contributed by atoms with van der Waals surface area (Å²) in [7, 11) is 0. The fourth-order valence-electron chi connectivity index (χ4n) is 3.03. The van der Waals surface area contributed by atoms with Gasteiger partial charge < -0.3 is 9.80 Å². The van der Waals surface area contributed by atoms with Crippen molar-refractivity contribution < 1.29 is 9.59 Å². The number of hydrogen-bond acceptors (Lipinski definition) is 6. The molecule has 1 aliphatic rings. The zero-order chi connectivity index (χ0) is 17.8. The van der Waals surface area contributed by atoms with E-state index in [0.717, 1.165) is 15.3 Å². The lowest BCUT2D eigenvalue weighted by Crippen LogP contribution is -2.49. The van der Waals surface area contributed by atoms with E-state index in [1.54, 1.807) is 29.8 Å². The summed E-state index contributed by atoms with van der Waals surface area (Å²) in [6, 6.07) is 3.71. The number of Topliss-reactive ketones (excluding diaryl/α,β-unsaturated/α-hetero) is 1. The van der Waals surface area contributed by atoms with Gasteiger partial charge in [0.15, 0.2) is 5.78 Å². The summed E-state index contributed by atoms with van der Waals surface area (Å²) in [5.74, 6) is 0.811. The Morgan fingerprint density at radius 3 is 2.36 bits per heavy atom. The summed E-state index contributed by atoms with van der Waals surface area (Å²) in [4.78, 5) is 39.3. The number of carbonyl (C=O) groups is 2. The number of amides is 1. The Morgan fingerprint density at radius 2 is 1.76 bits per heavy atom. The zero-order valence-corrected chi connectivity index (χ0v) is 15.4. The third-order valence-corrected chi connectivity index (χ3v) is 5.34. The maximum Gasteiger partial charge on any atom is 0.225 e. The van der Waals surface area contributed by atoms with Crippen LogP contribution in [0, 0.1) is 13.8 Å². The predicted octanol–water partition coefficient (Wildman–Crippen LogP) is 2.47. The fraction of sp³-hybridized carbons (Fsp3) is 0.444. The molecule has 6 nitrogen and oxygen atoms in total. The van der Waals surface area contributed by atoms with Gasteiger partial charge in [-0.2, -0.15) is 0 Å². The smallest absolute Gasteiger partial charge is 0.225 e. The van der Waals surface area contributed by atoms with Crippen LogP contribution in [-0.4, -0.2) is 52.7 Å². The Morgan fingerprint density at radius 1 is 1.08 bits per heavy atom. The van der Waals surface area contributed by atoms with E-state index in [9.17, 15) is 9.59 Å². The third-order valence-electron chi connectivity index (χ3n) is 4.37. The Labute approximate surface area is 151 Å².